The first kappa shape index (κ1) is 12.9. The molecule has 0 saturated carbocycles. The van der Waals surface area contributed by atoms with Gasteiger partial charge >= 0.3 is 5.97 Å². The Labute approximate surface area is 106 Å². The predicted octanol–water partition coefficient (Wildman–Crippen LogP) is 3.55. The largest absolute Gasteiger partial charge is 0.478 e. The molecule has 2 N–H and O–H groups in total. The number of carboxylic acid groups (broad SMARTS) is 1. The summed E-state index contributed by atoms with van der Waals surface area (Å²) < 4.78 is 38.9. The number of carbonyl (C=O) groups is 1. The van der Waals surface area contributed by atoms with E-state index in [1.54, 1.807) is 0 Å². The summed E-state index contributed by atoms with van der Waals surface area (Å²) in [7, 11) is 0. The van der Waals surface area contributed by atoms with Crippen molar-refractivity contribution in [3.05, 3.63) is 59.4 Å². The van der Waals surface area contributed by atoms with Crippen LogP contribution in [0.25, 0.3) is 0 Å². The van der Waals surface area contributed by atoms with Crippen LogP contribution in [0.5, 0.6) is 0 Å². The lowest BCUT2D eigenvalue weighted by atomic mass is 10.2. The molecule has 0 aliphatic heterocycles. The summed E-state index contributed by atoms with van der Waals surface area (Å²) in [5.74, 6) is -4.09. The average molecular weight is 267 g/mol. The number of halogens is 3. The highest BCUT2D eigenvalue weighted by Crippen LogP contribution is 2.21. The Morgan fingerprint density at radius 3 is 2.32 bits per heavy atom. The Hall–Kier alpha value is -2.50. The van der Waals surface area contributed by atoms with E-state index < -0.39 is 23.4 Å². The molecule has 0 unspecified atom stereocenters. The molecule has 98 valence electrons. The molecular formula is C13H8F3NO2. The number of benzene rings is 2. The Morgan fingerprint density at radius 1 is 0.947 bits per heavy atom. The molecule has 0 atom stereocenters. The monoisotopic (exact) mass is 267 g/mol. The third kappa shape index (κ3) is 3.04. The number of anilines is 2. The van der Waals surface area contributed by atoms with Crippen molar-refractivity contribution in [1.29, 1.82) is 0 Å². The van der Waals surface area contributed by atoms with Gasteiger partial charge in [-0.25, -0.2) is 18.0 Å². The summed E-state index contributed by atoms with van der Waals surface area (Å²) in [6.45, 7) is 0. The molecule has 2 aromatic carbocycles. The lowest BCUT2D eigenvalue weighted by Crippen LogP contribution is -2.00. The number of nitrogens with one attached hydrogen (secondary N) is 1. The quantitative estimate of drug-likeness (QED) is 0.894. The highest BCUT2D eigenvalue weighted by Gasteiger charge is 2.08. The summed E-state index contributed by atoms with van der Waals surface area (Å²) >= 11 is 0. The van der Waals surface area contributed by atoms with Crippen LogP contribution in [0, 0.1) is 17.5 Å². The minimum Gasteiger partial charge on any atom is -0.478 e. The van der Waals surface area contributed by atoms with Crippen LogP contribution in [-0.4, -0.2) is 11.1 Å². The van der Waals surface area contributed by atoms with Crippen molar-refractivity contribution in [3.63, 3.8) is 0 Å². The van der Waals surface area contributed by atoms with Gasteiger partial charge in [0.15, 0.2) is 11.6 Å². The molecule has 0 fully saturated rings. The van der Waals surface area contributed by atoms with E-state index >= 15 is 0 Å². The zero-order valence-electron chi connectivity index (χ0n) is 9.45. The first-order valence-corrected chi connectivity index (χ1v) is 5.21. The van der Waals surface area contributed by atoms with Gasteiger partial charge in [0.05, 0.1) is 5.56 Å². The van der Waals surface area contributed by atoms with Gasteiger partial charge in [0.2, 0.25) is 0 Å². The Balaban J connectivity index is 2.32. The molecule has 0 heterocycles. The van der Waals surface area contributed by atoms with E-state index in [9.17, 15) is 18.0 Å². The Morgan fingerprint density at radius 2 is 1.68 bits per heavy atom. The normalized spacial score (nSPS) is 10.3. The van der Waals surface area contributed by atoms with Gasteiger partial charge in [0.25, 0.3) is 0 Å². The fraction of sp³-hybridized carbons (Fsp3) is 0. The van der Waals surface area contributed by atoms with Crippen molar-refractivity contribution in [3.8, 4) is 0 Å². The third-order valence-electron chi connectivity index (χ3n) is 2.35. The molecule has 0 saturated heterocycles. The fourth-order valence-corrected chi connectivity index (χ4v) is 1.53. The van der Waals surface area contributed by atoms with E-state index in [0.717, 1.165) is 24.3 Å². The number of carboxylic acids is 1. The molecule has 0 aromatic heterocycles. The highest BCUT2D eigenvalue weighted by atomic mass is 19.2. The minimum atomic E-state index is -1.28. The first-order valence-electron chi connectivity index (χ1n) is 5.21. The van der Waals surface area contributed by atoms with Gasteiger partial charge < -0.3 is 10.4 Å². The van der Waals surface area contributed by atoms with Gasteiger partial charge in [0, 0.05) is 17.4 Å². The van der Waals surface area contributed by atoms with Crippen molar-refractivity contribution < 1.29 is 23.1 Å². The van der Waals surface area contributed by atoms with Crippen molar-refractivity contribution in [2.75, 3.05) is 5.32 Å². The summed E-state index contributed by atoms with van der Waals surface area (Å²) in [6, 6.07) is 6.15. The molecule has 6 heteroatoms. The Bertz CT molecular complexity index is 644. The standard InChI is InChI=1S/C13H8F3NO2/c14-8-3-7(13(18)19)4-10(5-8)17-9-1-2-11(15)12(16)6-9/h1-6,17H,(H,18,19). The lowest BCUT2D eigenvalue weighted by Gasteiger charge is -2.08. The second-order valence-corrected chi connectivity index (χ2v) is 3.79. The van der Waals surface area contributed by atoms with Gasteiger partial charge in [-0.05, 0) is 30.3 Å². The average Bonchev–Trinajstić information content (AvgIpc) is 2.33. The molecule has 0 bridgehead atoms. The van der Waals surface area contributed by atoms with E-state index in [1.807, 2.05) is 0 Å². The van der Waals surface area contributed by atoms with E-state index in [2.05, 4.69) is 5.32 Å². The van der Waals surface area contributed by atoms with Gasteiger partial charge in [0.1, 0.15) is 5.82 Å². The lowest BCUT2D eigenvalue weighted by molar-refractivity contribution is 0.0696. The summed E-state index contributed by atoms with van der Waals surface area (Å²) in [6.07, 6.45) is 0. The fourth-order valence-electron chi connectivity index (χ4n) is 1.53. The number of hydrogen-bond donors (Lipinski definition) is 2. The maximum Gasteiger partial charge on any atom is 0.335 e. The van der Waals surface area contributed by atoms with E-state index in [0.29, 0.717) is 0 Å². The SMILES string of the molecule is O=C(O)c1cc(F)cc(Nc2ccc(F)c(F)c2)c1. The minimum absolute atomic E-state index is 0.128. The molecular weight excluding hydrogens is 259 g/mol. The summed E-state index contributed by atoms with van der Waals surface area (Å²) in [5, 5.41) is 11.4. The third-order valence-corrected chi connectivity index (χ3v) is 2.35. The van der Waals surface area contributed by atoms with E-state index in [1.165, 1.54) is 12.1 Å². The van der Waals surface area contributed by atoms with Gasteiger partial charge in [-0.1, -0.05) is 0 Å². The van der Waals surface area contributed by atoms with Crippen molar-refractivity contribution in [2.45, 2.75) is 0 Å². The maximum atomic E-state index is 13.2. The van der Waals surface area contributed by atoms with E-state index in [-0.39, 0.29) is 16.9 Å². The van der Waals surface area contributed by atoms with Crippen LogP contribution >= 0.6 is 0 Å². The van der Waals surface area contributed by atoms with Crippen molar-refractivity contribution in [1.82, 2.24) is 0 Å². The number of aromatic carboxylic acids is 1. The summed E-state index contributed by atoms with van der Waals surface area (Å²) in [4.78, 5) is 10.8. The smallest absolute Gasteiger partial charge is 0.335 e. The first-order chi connectivity index (χ1) is 8.95. The summed E-state index contributed by atoms with van der Waals surface area (Å²) in [5.41, 5.74) is 0.0642. The predicted molar refractivity (Wildman–Crippen MR) is 63.0 cm³/mol. The molecule has 2 rings (SSSR count). The van der Waals surface area contributed by atoms with E-state index in [4.69, 9.17) is 5.11 Å². The number of hydrogen-bond acceptors (Lipinski definition) is 2. The van der Waals surface area contributed by atoms with Gasteiger partial charge in [-0.3, -0.25) is 0 Å². The van der Waals surface area contributed by atoms with Crippen molar-refractivity contribution >= 4 is 17.3 Å². The zero-order valence-corrected chi connectivity index (χ0v) is 9.45. The van der Waals surface area contributed by atoms with Gasteiger partial charge in [-0.2, -0.15) is 0 Å². The van der Waals surface area contributed by atoms with Crippen LogP contribution in [0.4, 0.5) is 24.5 Å². The topological polar surface area (TPSA) is 49.3 Å². The van der Waals surface area contributed by atoms with Crippen LogP contribution in [0.3, 0.4) is 0 Å². The second-order valence-electron chi connectivity index (χ2n) is 3.79. The van der Waals surface area contributed by atoms with Crippen molar-refractivity contribution in [2.24, 2.45) is 0 Å². The molecule has 0 aliphatic rings. The van der Waals surface area contributed by atoms with Crippen LogP contribution in [0.15, 0.2) is 36.4 Å². The van der Waals surface area contributed by atoms with Crippen LogP contribution in [0.1, 0.15) is 10.4 Å². The van der Waals surface area contributed by atoms with Crippen LogP contribution in [-0.2, 0) is 0 Å². The van der Waals surface area contributed by atoms with Gasteiger partial charge in [-0.15, -0.1) is 0 Å². The molecule has 0 aliphatic carbocycles. The Kier molecular flexibility index (Phi) is 3.41. The molecule has 2 aromatic rings. The zero-order chi connectivity index (χ0) is 14.0. The highest BCUT2D eigenvalue weighted by molar-refractivity contribution is 5.89. The number of rotatable bonds is 3. The van der Waals surface area contributed by atoms with Crippen LogP contribution < -0.4 is 5.32 Å². The molecule has 0 spiro atoms. The van der Waals surface area contributed by atoms with Crippen LogP contribution in [0.2, 0.25) is 0 Å². The maximum absolute atomic E-state index is 13.2. The molecule has 0 amide bonds. The second kappa shape index (κ2) is 5.01. The molecule has 0 radical (unpaired) electrons. The molecule has 3 nitrogen and oxygen atoms in total. The molecule has 19 heavy (non-hydrogen) atoms.